The zero-order valence-electron chi connectivity index (χ0n) is 9.59. The van der Waals surface area contributed by atoms with Gasteiger partial charge >= 0.3 is 0 Å². The van der Waals surface area contributed by atoms with E-state index in [1.54, 1.807) is 0 Å². The summed E-state index contributed by atoms with van der Waals surface area (Å²) in [5, 5.41) is 6.21. The van der Waals surface area contributed by atoms with Crippen LogP contribution in [-0.4, -0.2) is 38.3 Å². The topological polar surface area (TPSA) is 50.4 Å². The summed E-state index contributed by atoms with van der Waals surface area (Å²) in [5.74, 6) is -0.0174. The van der Waals surface area contributed by atoms with Crippen molar-refractivity contribution in [1.82, 2.24) is 10.6 Å². The number of thiophene rings is 1. The molecule has 0 bridgehead atoms. The van der Waals surface area contributed by atoms with Crippen molar-refractivity contribution in [3.05, 3.63) is 20.3 Å². The van der Waals surface area contributed by atoms with Crippen LogP contribution in [-0.2, 0) is 4.74 Å². The van der Waals surface area contributed by atoms with E-state index in [0.29, 0.717) is 13.2 Å². The largest absolute Gasteiger partial charge is 0.378 e. The Hall–Kier alpha value is -0.430. The molecule has 4 nitrogen and oxygen atoms in total. The van der Waals surface area contributed by atoms with Crippen molar-refractivity contribution in [3.63, 3.8) is 0 Å². The molecule has 0 radical (unpaired) electrons. The van der Waals surface area contributed by atoms with Gasteiger partial charge in [0.2, 0.25) is 0 Å². The van der Waals surface area contributed by atoms with E-state index in [1.807, 2.05) is 13.0 Å². The summed E-state index contributed by atoms with van der Waals surface area (Å²) in [6.45, 7) is 4.85. The fourth-order valence-electron chi connectivity index (χ4n) is 1.63. The van der Waals surface area contributed by atoms with E-state index in [2.05, 4.69) is 26.6 Å². The van der Waals surface area contributed by atoms with E-state index in [0.717, 1.165) is 27.4 Å². The fourth-order valence-corrected chi connectivity index (χ4v) is 3.08. The summed E-state index contributed by atoms with van der Waals surface area (Å²) in [5.41, 5.74) is 1.10. The summed E-state index contributed by atoms with van der Waals surface area (Å²) in [6.07, 6.45) is 0. The van der Waals surface area contributed by atoms with E-state index < -0.39 is 0 Å². The number of aryl methyl sites for hydroxylation is 1. The molecule has 0 saturated carbocycles. The van der Waals surface area contributed by atoms with Gasteiger partial charge in [0.15, 0.2) is 0 Å². The van der Waals surface area contributed by atoms with E-state index in [4.69, 9.17) is 4.74 Å². The van der Waals surface area contributed by atoms with Crippen LogP contribution in [0.3, 0.4) is 0 Å². The first-order chi connectivity index (χ1) is 8.16. The molecule has 6 heteroatoms. The second-order valence-corrected chi connectivity index (χ2v) is 6.37. The van der Waals surface area contributed by atoms with Gasteiger partial charge in [-0.2, -0.15) is 0 Å². The van der Waals surface area contributed by atoms with Crippen molar-refractivity contribution in [1.29, 1.82) is 0 Å². The Kier molecular flexibility index (Phi) is 4.55. The molecule has 1 atom stereocenters. The van der Waals surface area contributed by atoms with Gasteiger partial charge in [0.1, 0.15) is 0 Å². The lowest BCUT2D eigenvalue weighted by atomic mass is 10.2. The van der Waals surface area contributed by atoms with Gasteiger partial charge < -0.3 is 15.4 Å². The summed E-state index contributed by atoms with van der Waals surface area (Å²) in [4.78, 5) is 12.6. The molecule has 17 heavy (non-hydrogen) atoms. The average Bonchev–Trinajstić information content (AvgIpc) is 2.68. The molecule has 1 unspecified atom stereocenters. The highest BCUT2D eigenvalue weighted by Gasteiger charge is 2.16. The molecular formula is C11H15BrN2O2S. The molecule has 1 aliphatic rings. The minimum Gasteiger partial charge on any atom is -0.378 e. The van der Waals surface area contributed by atoms with E-state index in [-0.39, 0.29) is 11.9 Å². The van der Waals surface area contributed by atoms with Crippen molar-refractivity contribution in [2.24, 2.45) is 0 Å². The third kappa shape index (κ3) is 3.51. The number of hydrogen-bond donors (Lipinski definition) is 2. The Labute approximate surface area is 113 Å². The first kappa shape index (κ1) is 13.0. The Morgan fingerprint density at radius 1 is 1.76 bits per heavy atom. The van der Waals surface area contributed by atoms with Crippen LogP contribution in [0.4, 0.5) is 0 Å². The van der Waals surface area contributed by atoms with Gasteiger partial charge in [-0.3, -0.25) is 4.79 Å². The predicted octanol–water partition coefficient (Wildman–Crippen LogP) is 1.54. The standard InChI is InChI=1S/C11H15BrN2O2S/c1-7-4-9(17-10(7)12)11(15)14-5-8-6-16-3-2-13-8/h4,8,13H,2-3,5-6H2,1H3,(H,14,15). The highest BCUT2D eigenvalue weighted by atomic mass is 79.9. The zero-order valence-corrected chi connectivity index (χ0v) is 12.0. The SMILES string of the molecule is Cc1cc(C(=O)NCC2COCCN2)sc1Br. The molecule has 2 rings (SSSR count). The van der Waals surface area contributed by atoms with Crippen molar-refractivity contribution >= 4 is 33.2 Å². The number of nitrogens with one attached hydrogen (secondary N) is 2. The molecular weight excluding hydrogens is 304 g/mol. The van der Waals surface area contributed by atoms with E-state index in [1.165, 1.54) is 11.3 Å². The molecule has 1 aromatic rings. The van der Waals surface area contributed by atoms with Gasteiger partial charge in [-0.15, -0.1) is 11.3 Å². The molecule has 2 N–H and O–H groups in total. The van der Waals surface area contributed by atoms with E-state index >= 15 is 0 Å². The van der Waals surface area contributed by atoms with Crippen LogP contribution >= 0.6 is 27.3 Å². The third-order valence-corrected chi connectivity index (χ3v) is 4.72. The Balaban J connectivity index is 1.84. The van der Waals surface area contributed by atoms with Crippen LogP contribution in [0, 0.1) is 6.92 Å². The van der Waals surface area contributed by atoms with Gasteiger partial charge in [0.05, 0.1) is 21.9 Å². The minimum absolute atomic E-state index is 0.0174. The molecule has 2 heterocycles. The number of rotatable bonds is 3. The molecule has 1 aliphatic heterocycles. The molecule has 1 saturated heterocycles. The van der Waals surface area contributed by atoms with Crippen molar-refractivity contribution in [2.45, 2.75) is 13.0 Å². The first-order valence-electron chi connectivity index (χ1n) is 5.52. The third-order valence-electron chi connectivity index (χ3n) is 2.59. The summed E-state index contributed by atoms with van der Waals surface area (Å²) >= 11 is 4.88. The molecule has 94 valence electrons. The number of carbonyl (C=O) groups is 1. The molecule has 0 spiro atoms. The second kappa shape index (κ2) is 5.95. The van der Waals surface area contributed by atoms with E-state index in [9.17, 15) is 4.79 Å². The maximum absolute atomic E-state index is 11.9. The van der Waals surface area contributed by atoms with Crippen LogP contribution in [0.25, 0.3) is 0 Å². The Morgan fingerprint density at radius 3 is 3.18 bits per heavy atom. The number of halogens is 1. The number of morpholine rings is 1. The maximum Gasteiger partial charge on any atom is 0.261 e. The molecule has 0 aliphatic carbocycles. The van der Waals surface area contributed by atoms with Crippen LogP contribution < -0.4 is 10.6 Å². The number of carbonyl (C=O) groups excluding carboxylic acids is 1. The number of ether oxygens (including phenoxy) is 1. The quantitative estimate of drug-likeness (QED) is 0.888. The van der Waals surface area contributed by atoms with Gasteiger partial charge in [-0.05, 0) is 34.5 Å². The highest BCUT2D eigenvalue weighted by molar-refractivity contribution is 9.11. The Bertz CT molecular complexity index is 383. The summed E-state index contributed by atoms with van der Waals surface area (Å²) < 4.78 is 6.34. The smallest absolute Gasteiger partial charge is 0.261 e. The lowest BCUT2D eigenvalue weighted by molar-refractivity contribution is 0.0735. The molecule has 0 aromatic carbocycles. The van der Waals surface area contributed by atoms with Gasteiger partial charge in [0, 0.05) is 19.1 Å². The molecule has 1 amide bonds. The minimum atomic E-state index is -0.0174. The van der Waals surface area contributed by atoms with Crippen LogP contribution in [0.15, 0.2) is 9.85 Å². The maximum atomic E-state index is 11.9. The van der Waals surface area contributed by atoms with Crippen molar-refractivity contribution in [2.75, 3.05) is 26.3 Å². The van der Waals surface area contributed by atoms with Gasteiger partial charge in [-0.1, -0.05) is 0 Å². The molecule has 1 aromatic heterocycles. The predicted molar refractivity (Wildman–Crippen MR) is 71.7 cm³/mol. The normalized spacial score (nSPS) is 20.2. The highest BCUT2D eigenvalue weighted by Crippen LogP contribution is 2.27. The Morgan fingerprint density at radius 2 is 2.59 bits per heavy atom. The second-order valence-electron chi connectivity index (χ2n) is 4.00. The number of hydrogen-bond acceptors (Lipinski definition) is 4. The van der Waals surface area contributed by atoms with Crippen LogP contribution in [0.2, 0.25) is 0 Å². The summed E-state index contributed by atoms with van der Waals surface area (Å²) in [7, 11) is 0. The summed E-state index contributed by atoms with van der Waals surface area (Å²) in [6, 6.07) is 2.12. The van der Waals surface area contributed by atoms with Gasteiger partial charge in [0.25, 0.3) is 5.91 Å². The average molecular weight is 319 g/mol. The lowest BCUT2D eigenvalue weighted by Crippen LogP contribution is -2.48. The lowest BCUT2D eigenvalue weighted by Gasteiger charge is -2.23. The van der Waals surface area contributed by atoms with Gasteiger partial charge in [-0.25, -0.2) is 0 Å². The fraction of sp³-hybridized carbons (Fsp3) is 0.545. The monoisotopic (exact) mass is 318 g/mol. The van der Waals surface area contributed by atoms with Crippen LogP contribution in [0.5, 0.6) is 0 Å². The first-order valence-corrected chi connectivity index (χ1v) is 7.13. The molecule has 1 fully saturated rings. The van der Waals surface area contributed by atoms with Crippen LogP contribution in [0.1, 0.15) is 15.2 Å². The number of amides is 1. The zero-order chi connectivity index (χ0) is 12.3. The van der Waals surface area contributed by atoms with Crippen molar-refractivity contribution < 1.29 is 9.53 Å². The van der Waals surface area contributed by atoms with Crippen molar-refractivity contribution in [3.8, 4) is 0 Å².